The van der Waals surface area contributed by atoms with Gasteiger partial charge in [-0.1, -0.05) is 12.2 Å². The van der Waals surface area contributed by atoms with Crippen molar-refractivity contribution >= 4 is 0 Å². The van der Waals surface area contributed by atoms with Crippen LogP contribution in [0.3, 0.4) is 0 Å². The largest absolute Gasteiger partial charge is 0.183 e. The second-order valence-electron chi connectivity index (χ2n) is 3.92. The molecule has 2 nitrogen and oxygen atoms in total. The summed E-state index contributed by atoms with van der Waals surface area (Å²) in [6.07, 6.45) is 3.55. The van der Waals surface area contributed by atoms with Crippen LogP contribution in [0.2, 0.25) is 0 Å². The van der Waals surface area contributed by atoms with Crippen LogP contribution in [0.1, 0.15) is 27.7 Å². The van der Waals surface area contributed by atoms with Gasteiger partial charge in [0, 0.05) is 0 Å². The van der Waals surface area contributed by atoms with Crippen LogP contribution >= 0.6 is 0 Å². The molecule has 68 valence electrons. The average molecular weight is 166 g/mol. The van der Waals surface area contributed by atoms with Gasteiger partial charge in [-0.3, -0.25) is 0 Å². The number of nitrogens with zero attached hydrogens (tertiary/aromatic N) is 2. The molecular formula is C10H18N2. The first-order valence-electron chi connectivity index (χ1n) is 4.04. The SMILES string of the molecule is C=CC(C)(C)N=NC(C)(C)C=C. The molecule has 0 atom stereocenters. The van der Waals surface area contributed by atoms with Crippen molar-refractivity contribution < 1.29 is 0 Å². The van der Waals surface area contributed by atoms with Gasteiger partial charge in [0.25, 0.3) is 0 Å². The molecule has 0 spiro atoms. The summed E-state index contributed by atoms with van der Waals surface area (Å²) in [5, 5.41) is 8.31. The predicted molar refractivity (Wildman–Crippen MR) is 53.4 cm³/mol. The summed E-state index contributed by atoms with van der Waals surface area (Å²) >= 11 is 0. The fourth-order valence-corrected chi connectivity index (χ4v) is 0.339. The van der Waals surface area contributed by atoms with Crippen LogP contribution in [-0.4, -0.2) is 11.1 Å². The second-order valence-corrected chi connectivity index (χ2v) is 3.92. The first-order chi connectivity index (χ1) is 5.33. The quantitative estimate of drug-likeness (QED) is 0.452. The molecule has 12 heavy (non-hydrogen) atoms. The van der Waals surface area contributed by atoms with Crippen LogP contribution in [0.25, 0.3) is 0 Å². The lowest BCUT2D eigenvalue weighted by Gasteiger charge is -2.16. The van der Waals surface area contributed by atoms with E-state index in [9.17, 15) is 0 Å². The van der Waals surface area contributed by atoms with E-state index < -0.39 is 0 Å². The van der Waals surface area contributed by atoms with Gasteiger partial charge in [0.1, 0.15) is 0 Å². The second kappa shape index (κ2) is 3.65. The fraction of sp³-hybridized carbons (Fsp3) is 0.600. The summed E-state index contributed by atoms with van der Waals surface area (Å²) in [4.78, 5) is 0. The van der Waals surface area contributed by atoms with E-state index in [4.69, 9.17) is 0 Å². The zero-order valence-electron chi connectivity index (χ0n) is 8.46. The van der Waals surface area contributed by atoms with Crippen molar-refractivity contribution in [1.29, 1.82) is 0 Å². The van der Waals surface area contributed by atoms with Gasteiger partial charge >= 0.3 is 0 Å². The maximum atomic E-state index is 4.15. The van der Waals surface area contributed by atoms with E-state index in [1.165, 1.54) is 0 Å². The number of azo groups is 1. The van der Waals surface area contributed by atoms with Gasteiger partial charge in [-0.25, -0.2) is 0 Å². The fourth-order valence-electron chi connectivity index (χ4n) is 0.339. The standard InChI is InChI=1S/C10H18N2/c1-7-9(3,4)11-12-10(5,6)8-2/h7-8H,1-2H2,3-6H3. The molecule has 2 heteroatoms. The van der Waals surface area contributed by atoms with Crippen LogP contribution in [-0.2, 0) is 0 Å². The molecule has 0 aliphatic heterocycles. The summed E-state index contributed by atoms with van der Waals surface area (Å²) < 4.78 is 0. The molecule has 0 fully saturated rings. The number of hydrogen-bond donors (Lipinski definition) is 0. The topological polar surface area (TPSA) is 24.7 Å². The Labute approximate surface area is 75.1 Å². The van der Waals surface area contributed by atoms with Gasteiger partial charge < -0.3 is 0 Å². The van der Waals surface area contributed by atoms with Crippen molar-refractivity contribution in [3.8, 4) is 0 Å². The molecule has 0 aliphatic rings. The normalized spacial score (nSPS) is 13.3. The molecule has 0 bridgehead atoms. The maximum Gasteiger partial charge on any atom is 0.0937 e. The molecule has 0 aromatic carbocycles. The van der Waals surface area contributed by atoms with Crippen LogP contribution in [0.4, 0.5) is 0 Å². The van der Waals surface area contributed by atoms with Crippen molar-refractivity contribution in [3.05, 3.63) is 25.3 Å². The highest BCUT2D eigenvalue weighted by molar-refractivity contribution is 4.98. The highest BCUT2D eigenvalue weighted by Gasteiger charge is 2.15. The summed E-state index contributed by atoms with van der Waals surface area (Å²) in [5.41, 5.74) is -0.555. The summed E-state index contributed by atoms with van der Waals surface area (Å²) in [5.74, 6) is 0. The van der Waals surface area contributed by atoms with E-state index in [-0.39, 0.29) is 11.1 Å². The summed E-state index contributed by atoms with van der Waals surface area (Å²) in [6.45, 7) is 15.2. The minimum Gasteiger partial charge on any atom is -0.183 e. The van der Waals surface area contributed by atoms with Gasteiger partial charge in [0.05, 0.1) is 11.1 Å². The Morgan fingerprint density at radius 1 is 0.833 bits per heavy atom. The highest BCUT2D eigenvalue weighted by Crippen LogP contribution is 2.16. The van der Waals surface area contributed by atoms with Gasteiger partial charge in [-0.15, -0.1) is 13.2 Å². The molecule has 0 saturated heterocycles. The zero-order chi connectivity index (χ0) is 9.83. The van der Waals surface area contributed by atoms with Gasteiger partial charge in [0.15, 0.2) is 0 Å². The lowest BCUT2D eigenvalue weighted by molar-refractivity contribution is 0.528. The predicted octanol–water partition coefficient (Wildman–Crippen LogP) is 3.37. The monoisotopic (exact) mass is 166 g/mol. The smallest absolute Gasteiger partial charge is 0.0937 e. The minimum atomic E-state index is -0.278. The highest BCUT2D eigenvalue weighted by atomic mass is 15.2. The summed E-state index contributed by atoms with van der Waals surface area (Å²) in [6, 6.07) is 0. The zero-order valence-corrected chi connectivity index (χ0v) is 8.46. The van der Waals surface area contributed by atoms with E-state index in [0.717, 1.165) is 0 Å². The van der Waals surface area contributed by atoms with E-state index >= 15 is 0 Å². The van der Waals surface area contributed by atoms with Crippen LogP contribution in [0, 0.1) is 0 Å². The van der Waals surface area contributed by atoms with Crippen LogP contribution in [0.5, 0.6) is 0 Å². The Morgan fingerprint density at radius 3 is 1.25 bits per heavy atom. The van der Waals surface area contributed by atoms with Crippen molar-refractivity contribution in [2.75, 3.05) is 0 Å². The number of hydrogen-bond acceptors (Lipinski definition) is 2. The summed E-state index contributed by atoms with van der Waals surface area (Å²) in [7, 11) is 0. The Kier molecular flexibility index (Phi) is 3.37. The van der Waals surface area contributed by atoms with Crippen molar-refractivity contribution in [3.63, 3.8) is 0 Å². The lowest BCUT2D eigenvalue weighted by Crippen LogP contribution is -2.16. The van der Waals surface area contributed by atoms with Gasteiger partial charge in [0.2, 0.25) is 0 Å². The Morgan fingerprint density at radius 2 is 1.08 bits per heavy atom. The molecule has 0 aromatic heterocycles. The molecule has 0 N–H and O–H groups in total. The third-order valence-electron chi connectivity index (χ3n) is 1.56. The maximum absolute atomic E-state index is 4.15. The Bertz CT molecular complexity index is 178. The molecule has 0 saturated carbocycles. The lowest BCUT2D eigenvalue weighted by atomic mass is 10.1. The molecule has 0 aliphatic carbocycles. The van der Waals surface area contributed by atoms with Crippen molar-refractivity contribution in [1.82, 2.24) is 0 Å². The number of rotatable bonds is 4. The molecular weight excluding hydrogens is 148 g/mol. The molecule has 0 radical (unpaired) electrons. The van der Waals surface area contributed by atoms with E-state index in [1.807, 2.05) is 27.7 Å². The molecule has 0 aromatic rings. The molecule has 0 heterocycles. The van der Waals surface area contributed by atoms with E-state index in [1.54, 1.807) is 12.2 Å². The third kappa shape index (κ3) is 4.06. The Hall–Kier alpha value is -0.920. The average Bonchev–Trinajstić information content (AvgIpc) is 2.02. The minimum absolute atomic E-state index is 0.278. The first-order valence-corrected chi connectivity index (χ1v) is 4.04. The first kappa shape index (κ1) is 11.1. The molecule has 0 amide bonds. The van der Waals surface area contributed by atoms with Crippen LogP contribution in [0.15, 0.2) is 35.5 Å². The molecule has 0 unspecified atom stereocenters. The molecule has 0 rings (SSSR count). The van der Waals surface area contributed by atoms with Crippen molar-refractivity contribution in [2.45, 2.75) is 38.8 Å². The van der Waals surface area contributed by atoms with Gasteiger partial charge in [-0.05, 0) is 27.7 Å². The van der Waals surface area contributed by atoms with Crippen LogP contribution < -0.4 is 0 Å². The third-order valence-corrected chi connectivity index (χ3v) is 1.56. The van der Waals surface area contributed by atoms with E-state index in [0.29, 0.717) is 0 Å². The Balaban J connectivity index is 4.43. The van der Waals surface area contributed by atoms with Gasteiger partial charge in [-0.2, -0.15) is 10.2 Å². The van der Waals surface area contributed by atoms with Crippen molar-refractivity contribution in [2.24, 2.45) is 10.2 Å². The van der Waals surface area contributed by atoms with E-state index in [2.05, 4.69) is 23.4 Å².